The third kappa shape index (κ3) is 1.52. The van der Waals surface area contributed by atoms with Gasteiger partial charge in [-0.15, -0.1) is 10.2 Å². The van der Waals surface area contributed by atoms with Gasteiger partial charge in [0.05, 0.1) is 6.54 Å². The van der Waals surface area contributed by atoms with Crippen molar-refractivity contribution in [1.82, 2.24) is 14.8 Å². The molecule has 2 aromatic rings. The Balaban J connectivity index is 2.49. The lowest BCUT2D eigenvalue weighted by Gasteiger charge is -2.05. The molecule has 2 rings (SSSR count). The quantitative estimate of drug-likeness (QED) is 0.766. The summed E-state index contributed by atoms with van der Waals surface area (Å²) in [5.41, 5.74) is 7.81. The highest BCUT2D eigenvalue weighted by Gasteiger charge is 2.03. The van der Waals surface area contributed by atoms with Gasteiger partial charge in [0.1, 0.15) is 6.33 Å². The lowest BCUT2D eigenvalue weighted by molar-refractivity contribution is 0.859. The number of aryl methyl sites for hydroxylation is 1. The van der Waals surface area contributed by atoms with Crippen LogP contribution in [0.25, 0.3) is 5.69 Å². The Kier molecular flexibility index (Phi) is 2.28. The minimum Gasteiger partial charge on any atom is -0.324 e. The molecule has 0 fully saturated rings. The summed E-state index contributed by atoms with van der Waals surface area (Å²) in [6.07, 6.45) is 1.68. The van der Waals surface area contributed by atoms with E-state index in [1.807, 2.05) is 16.7 Å². The first-order valence-electron chi connectivity index (χ1n) is 4.47. The van der Waals surface area contributed by atoms with Crippen molar-refractivity contribution >= 4 is 0 Å². The van der Waals surface area contributed by atoms with Gasteiger partial charge >= 0.3 is 0 Å². The van der Waals surface area contributed by atoms with Crippen LogP contribution in [0.2, 0.25) is 0 Å². The Morgan fingerprint density at radius 2 is 2.29 bits per heavy atom. The van der Waals surface area contributed by atoms with E-state index in [-0.39, 0.29) is 0 Å². The van der Waals surface area contributed by atoms with Gasteiger partial charge < -0.3 is 5.73 Å². The molecule has 0 atom stereocenters. The molecule has 0 unspecified atom stereocenters. The third-order valence-corrected chi connectivity index (χ3v) is 2.08. The van der Waals surface area contributed by atoms with Gasteiger partial charge in [-0.2, -0.15) is 0 Å². The Morgan fingerprint density at radius 3 is 3.00 bits per heavy atom. The Labute approximate surface area is 82.4 Å². The van der Waals surface area contributed by atoms with Crippen molar-refractivity contribution < 1.29 is 0 Å². The van der Waals surface area contributed by atoms with Gasteiger partial charge in [0.15, 0.2) is 5.82 Å². The maximum atomic E-state index is 5.55. The lowest BCUT2D eigenvalue weighted by Crippen LogP contribution is -2.06. The smallest absolute Gasteiger partial charge is 0.151 e. The molecule has 0 saturated heterocycles. The molecule has 4 heteroatoms. The minimum absolute atomic E-state index is 0.397. The number of nitrogens with two attached hydrogens (primary N) is 1. The van der Waals surface area contributed by atoms with Crippen molar-refractivity contribution in [3.05, 3.63) is 42.0 Å². The zero-order valence-corrected chi connectivity index (χ0v) is 8.01. The number of rotatable bonds is 2. The zero-order valence-electron chi connectivity index (χ0n) is 8.01. The van der Waals surface area contributed by atoms with Crippen LogP contribution in [0, 0.1) is 6.92 Å². The fraction of sp³-hybridized carbons (Fsp3) is 0.200. The summed E-state index contributed by atoms with van der Waals surface area (Å²) < 4.78 is 1.90. The van der Waals surface area contributed by atoms with E-state index in [1.54, 1.807) is 6.33 Å². The second-order valence-electron chi connectivity index (χ2n) is 3.16. The van der Waals surface area contributed by atoms with Crippen LogP contribution in [0.15, 0.2) is 30.6 Å². The number of nitrogens with zero attached hydrogens (tertiary/aromatic N) is 3. The van der Waals surface area contributed by atoms with Gasteiger partial charge in [0, 0.05) is 5.69 Å². The molecular weight excluding hydrogens is 176 g/mol. The van der Waals surface area contributed by atoms with Crippen molar-refractivity contribution in [2.75, 3.05) is 0 Å². The second kappa shape index (κ2) is 3.59. The molecule has 4 nitrogen and oxygen atoms in total. The fourth-order valence-electron chi connectivity index (χ4n) is 1.39. The first kappa shape index (κ1) is 8.90. The number of benzene rings is 1. The predicted octanol–water partition coefficient (Wildman–Crippen LogP) is 1.03. The number of aromatic nitrogens is 3. The van der Waals surface area contributed by atoms with Gasteiger partial charge in [0.25, 0.3) is 0 Å². The highest BCUT2D eigenvalue weighted by atomic mass is 15.3. The SMILES string of the molecule is Cc1cccc(-n2cnnc2CN)c1. The van der Waals surface area contributed by atoms with Crippen LogP contribution < -0.4 is 5.73 Å². The molecule has 0 saturated carbocycles. The molecule has 0 radical (unpaired) electrons. The van der Waals surface area contributed by atoms with E-state index in [0.29, 0.717) is 6.54 Å². The summed E-state index contributed by atoms with van der Waals surface area (Å²) in [5.74, 6) is 0.774. The van der Waals surface area contributed by atoms with Crippen LogP contribution in [0.1, 0.15) is 11.4 Å². The van der Waals surface area contributed by atoms with Crippen LogP contribution in [-0.2, 0) is 6.54 Å². The molecule has 0 amide bonds. The molecule has 2 N–H and O–H groups in total. The molecule has 0 aliphatic rings. The summed E-state index contributed by atoms with van der Waals surface area (Å²) in [7, 11) is 0. The van der Waals surface area contributed by atoms with Gasteiger partial charge in [-0.1, -0.05) is 12.1 Å². The van der Waals surface area contributed by atoms with Crippen LogP contribution in [-0.4, -0.2) is 14.8 Å². The number of hydrogen-bond acceptors (Lipinski definition) is 3. The zero-order chi connectivity index (χ0) is 9.97. The van der Waals surface area contributed by atoms with E-state index in [9.17, 15) is 0 Å². The van der Waals surface area contributed by atoms with Crippen LogP contribution in [0.4, 0.5) is 0 Å². The largest absolute Gasteiger partial charge is 0.324 e. The van der Waals surface area contributed by atoms with E-state index in [2.05, 4.69) is 29.3 Å². The van der Waals surface area contributed by atoms with Crippen molar-refractivity contribution in [2.45, 2.75) is 13.5 Å². The molecule has 72 valence electrons. The summed E-state index contributed by atoms with van der Waals surface area (Å²) in [4.78, 5) is 0. The highest BCUT2D eigenvalue weighted by molar-refractivity contribution is 5.35. The summed E-state index contributed by atoms with van der Waals surface area (Å²) in [6, 6.07) is 8.14. The van der Waals surface area contributed by atoms with Crippen LogP contribution >= 0.6 is 0 Å². The molecule has 14 heavy (non-hydrogen) atoms. The Morgan fingerprint density at radius 1 is 1.43 bits per heavy atom. The van der Waals surface area contributed by atoms with E-state index in [1.165, 1.54) is 5.56 Å². The predicted molar refractivity (Wildman–Crippen MR) is 54.0 cm³/mol. The Hall–Kier alpha value is -1.68. The van der Waals surface area contributed by atoms with Crippen molar-refractivity contribution in [3.8, 4) is 5.69 Å². The van der Waals surface area contributed by atoms with E-state index < -0.39 is 0 Å². The van der Waals surface area contributed by atoms with Crippen molar-refractivity contribution in [2.24, 2.45) is 5.73 Å². The van der Waals surface area contributed by atoms with Crippen LogP contribution in [0.5, 0.6) is 0 Å². The van der Waals surface area contributed by atoms with Gasteiger partial charge in [0.2, 0.25) is 0 Å². The molecule has 0 spiro atoms. The first-order chi connectivity index (χ1) is 6.81. The molecule has 1 heterocycles. The Bertz CT molecular complexity index is 433. The minimum atomic E-state index is 0.397. The maximum absolute atomic E-state index is 5.55. The topological polar surface area (TPSA) is 56.7 Å². The summed E-state index contributed by atoms with van der Waals surface area (Å²) in [6.45, 7) is 2.45. The third-order valence-electron chi connectivity index (χ3n) is 2.08. The number of hydrogen-bond donors (Lipinski definition) is 1. The van der Waals surface area contributed by atoms with Crippen molar-refractivity contribution in [3.63, 3.8) is 0 Å². The average molecular weight is 188 g/mol. The monoisotopic (exact) mass is 188 g/mol. The second-order valence-corrected chi connectivity index (χ2v) is 3.16. The van der Waals surface area contributed by atoms with Crippen LogP contribution in [0.3, 0.4) is 0 Å². The average Bonchev–Trinajstić information content (AvgIpc) is 2.65. The van der Waals surface area contributed by atoms with E-state index in [4.69, 9.17) is 5.73 Å². The van der Waals surface area contributed by atoms with Gasteiger partial charge in [-0.25, -0.2) is 0 Å². The molecular formula is C10H12N4. The molecule has 1 aromatic heterocycles. The summed E-state index contributed by atoms with van der Waals surface area (Å²) >= 11 is 0. The molecule has 0 aliphatic heterocycles. The fourth-order valence-corrected chi connectivity index (χ4v) is 1.39. The maximum Gasteiger partial charge on any atom is 0.151 e. The molecule has 0 bridgehead atoms. The van der Waals surface area contributed by atoms with Gasteiger partial charge in [-0.3, -0.25) is 4.57 Å². The standard InChI is InChI=1S/C10H12N4/c1-8-3-2-4-9(5-8)14-7-12-13-10(14)6-11/h2-5,7H,6,11H2,1H3. The van der Waals surface area contributed by atoms with Crippen molar-refractivity contribution in [1.29, 1.82) is 0 Å². The molecule has 0 aliphatic carbocycles. The normalized spacial score (nSPS) is 10.4. The highest BCUT2D eigenvalue weighted by Crippen LogP contribution is 2.10. The summed E-state index contributed by atoms with van der Waals surface area (Å²) in [5, 5.41) is 7.76. The molecule has 1 aromatic carbocycles. The van der Waals surface area contributed by atoms with E-state index >= 15 is 0 Å². The first-order valence-corrected chi connectivity index (χ1v) is 4.47. The van der Waals surface area contributed by atoms with E-state index in [0.717, 1.165) is 11.5 Å². The van der Waals surface area contributed by atoms with Gasteiger partial charge in [-0.05, 0) is 24.6 Å². The lowest BCUT2D eigenvalue weighted by atomic mass is 10.2.